The molecule has 0 aromatic heterocycles. The molecule has 2 heteroatoms. The van der Waals surface area contributed by atoms with Crippen LogP contribution in [0.1, 0.15) is 19.8 Å². The molecule has 0 aromatic rings. The Labute approximate surface area is 48.6 Å². The second kappa shape index (κ2) is 2.01. The highest BCUT2D eigenvalue weighted by Gasteiger charge is 2.18. The SMILES string of the molecule is CC1CCC(Cl)O1. The van der Waals surface area contributed by atoms with Crippen LogP contribution >= 0.6 is 11.6 Å². The van der Waals surface area contributed by atoms with Gasteiger partial charge in [-0.15, -0.1) is 0 Å². The Hall–Kier alpha value is 0.250. The van der Waals surface area contributed by atoms with E-state index < -0.39 is 0 Å². The molecule has 1 heterocycles. The van der Waals surface area contributed by atoms with E-state index >= 15 is 0 Å². The van der Waals surface area contributed by atoms with Crippen molar-refractivity contribution in [2.24, 2.45) is 0 Å². The lowest BCUT2D eigenvalue weighted by molar-refractivity contribution is 0.102. The van der Waals surface area contributed by atoms with Gasteiger partial charge in [-0.2, -0.15) is 0 Å². The lowest BCUT2D eigenvalue weighted by Crippen LogP contribution is -1.99. The van der Waals surface area contributed by atoms with Crippen molar-refractivity contribution in [1.29, 1.82) is 0 Å². The zero-order chi connectivity index (χ0) is 5.28. The molecule has 1 rings (SSSR count). The van der Waals surface area contributed by atoms with E-state index in [4.69, 9.17) is 16.3 Å². The van der Waals surface area contributed by atoms with Crippen LogP contribution in [0.4, 0.5) is 0 Å². The van der Waals surface area contributed by atoms with E-state index in [9.17, 15) is 0 Å². The van der Waals surface area contributed by atoms with Crippen LogP contribution in [0.3, 0.4) is 0 Å². The van der Waals surface area contributed by atoms with Gasteiger partial charge < -0.3 is 4.74 Å². The van der Waals surface area contributed by atoms with Gasteiger partial charge in [-0.3, -0.25) is 0 Å². The topological polar surface area (TPSA) is 9.23 Å². The van der Waals surface area contributed by atoms with Crippen molar-refractivity contribution in [1.82, 2.24) is 0 Å². The summed E-state index contributed by atoms with van der Waals surface area (Å²) in [6, 6.07) is 0. The first kappa shape index (κ1) is 5.39. The van der Waals surface area contributed by atoms with E-state index in [-0.39, 0.29) is 5.56 Å². The van der Waals surface area contributed by atoms with Gasteiger partial charge in [-0.25, -0.2) is 0 Å². The van der Waals surface area contributed by atoms with Crippen molar-refractivity contribution in [2.75, 3.05) is 0 Å². The lowest BCUT2D eigenvalue weighted by Gasteiger charge is -1.99. The van der Waals surface area contributed by atoms with Crippen molar-refractivity contribution in [2.45, 2.75) is 31.4 Å². The normalized spacial score (nSPS) is 42.0. The molecule has 7 heavy (non-hydrogen) atoms. The van der Waals surface area contributed by atoms with Crippen molar-refractivity contribution >= 4 is 11.6 Å². The van der Waals surface area contributed by atoms with E-state index in [0.29, 0.717) is 6.10 Å². The molecule has 2 atom stereocenters. The molecular formula is C5H9ClO. The molecule has 1 nitrogen and oxygen atoms in total. The highest BCUT2D eigenvalue weighted by molar-refractivity contribution is 6.19. The minimum absolute atomic E-state index is 0.00463. The number of rotatable bonds is 0. The minimum atomic E-state index is -0.00463. The Kier molecular flexibility index (Phi) is 1.55. The number of ether oxygens (including phenoxy) is 1. The van der Waals surface area contributed by atoms with E-state index in [2.05, 4.69) is 0 Å². The lowest BCUT2D eigenvalue weighted by atomic mass is 10.3. The van der Waals surface area contributed by atoms with Crippen molar-refractivity contribution in [3.05, 3.63) is 0 Å². The Morgan fingerprint density at radius 2 is 2.29 bits per heavy atom. The molecule has 1 fully saturated rings. The third kappa shape index (κ3) is 1.32. The molecule has 2 unspecified atom stereocenters. The Morgan fingerprint density at radius 1 is 1.57 bits per heavy atom. The first-order valence-electron chi connectivity index (χ1n) is 2.58. The fourth-order valence-electron chi connectivity index (χ4n) is 0.754. The second-order valence-electron chi connectivity index (χ2n) is 1.93. The zero-order valence-corrected chi connectivity index (χ0v) is 5.11. The van der Waals surface area contributed by atoms with Gasteiger partial charge in [0.05, 0.1) is 6.10 Å². The summed E-state index contributed by atoms with van der Waals surface area (Å²) in [5.41, 5.74) is -0.00463. The smallest absolute Gasteiger partial charge is 0.131 e. The molecule has 1 aliphatic heterocycles. The van der Waals surface area contributed by atoms with Gasteiger partial charge in [0, 0.05) is 0 Å². The molecule has 0 aliphatic carbocycles. The van der Waals surface area contributed by atoms with E-state index in [1.54, 1.807) is 0 Å². The predicted octanol–water partition coefficient (Wildman–Crippen LogP) is 1.75. The summed E-state index contributed by atoms with van der Waals surface area (Å²) in [4.78, 5) is 0. The molecule has 0 aromatic carbocycles. The van der Waals surface area contributed by atoms with Crippen LogP contribution in [0.15, 0.2) is 0 Å². The number of halogens is 1. The molecule has 0 saturated carbocycles. The summed E-state index contributed by atoms with van der Waals surface area (Å²) in [6.45, 7) is 2.04. The van der Waals surface area contributed by atoms with Gasteiger partial charge in [0.1, 0.15) is 5.56 Å². The van der Waals surface area contributed by atoms with Crippen LogP contribution in [-0.4, -0.2) is 11.7 Å². The largest absolute Gasteiger partial charge is 0.360 e. The second-order valence-corrected chi connectivity index (χ2v) is 2.42. The molecule has 0 bridgehead atoms. The van der Waals surface area contributed by atoms with Crippen LogP contribution in [-0.2, 0) is 4.74 Å². The maximum absolute atomic E-state index is 5.58. The quantitative estimate of drug-likeness (QED) is 0.443. The third-order valence-corrected chi connectivity index (χ3v) is 1.50. The van der Waals surface area contributed by atoms with Crippen LogP contribution in [0, 0.1) is 0 Å². The molecule has 0 spiro atoms. The maximum atomic E-state index is 5.58. The minimum Gasteiger partial charge on any atom is -0.360 e. The Balaban J connectivity index is 2.26. The summed E-state index contributed by atoms with van der Waals surface area (Å²) >= 11 is 5.58. The molecule has 1 saturated heterocycles. The van der Waals surface area contributed by atoms with Gasteiger partial charge in [0.2, 0.25) is 0 Å². The average Bonchev–Trinajstić information content (AvgIpc) is 1.87. The number of hydrogen-bond donors (Lipinski definition) is 0. The van der Waals surface area contributed by atoms with E-state index in [1.165, 1.54) is 0 Å². The predicted molar refractivity (Wildman–Crippen MR) is 29.4 cm³/mol. The van der Waals surface area contributed by atoms with Gasteiger partial charge in [-0.05, 0) is 19.8 Å². The van der Waals surface area contributed by atoms with E-state index in [0.717, 1.165) is 12.8 Å². The Bertz CT molecular complexity index is 57.1. The molecule has 0 radical (unpaired) electrons. The third-order valence-electron chi connectivity index (χ3n) is 1.18. The molecular weight excluding hydrogens is 112 g/mol. The fourth-order valence-corrected chi connectivity index (χ4v) is 1.06. The van der Waals surface area contributed by atoms with Crippen molar-refractivity contribution in [3.63, 3.8) is 0 Å². The van der Waals surface area contributed by atoms with E-state index in [1.807, 2.05) is 6.92 Å². The average molecular weight is 121 g/mol. The van der Waals surface area contributed by atoms with Gasteiger partial charge >= 0.3 is 0 Å². The summed E-state index contributed by atoms with van der Waals surface area (Å²) in [5, 5.41) is 0. The van der Waals surface area contributed by atoms with Crippen molar-refractivity contribution in [3.8, 4) is 0 Å². The standard InChI is InChI=1S/C5H9ClO/c1-4-2-3-5(6)7-4/h4-5H,2-3H2,1H3. The first-order chi connectivity index (χ1) is 3.29. The molecule has 0 amide bonds. The molecule has 42 valence electrons. The number of alkyl halides is 1. The number of hydrogen-bond acceptors (Lipinski definition) is 1. The van der Waals surface area contributed by atoms with Gasteiger partial charge in [0.25, 0.3) is 0 Å². The van der Waals surface area contributed by atoms with Gasteiger partial charge in [0.15, 0.2) is 0 Å². The van der Waals surface area contributed by atoms with Crippen LogP contribution in [0.25, 0.3) is 0 Å². The highest BCUT2D eigenvalue weighted by atomic mass is 35.5. The summed E-state index contributed by atoms with van der Waals surface area (Å²) in [5.74, 6) is 0. The van der Waals surface area contributed by atoms with Crippen LogP contribution in [0.5, 0.6) is 0 Å². The first-order valence-corrected chi connectivity index (χ1v) is 3.02. The van der Waals surface area contributed by atoms with Crippen LogP contribution < -0.4 is 0 Å². The Morgan fingerprint density at radius 3 is 2.43 bits per heavy atom. The van der Waals surface area contributed by atoms with Crippen molar-refractivity contribution < 1.29 is 4.74 Å². The maximum Gasteiger partial charge on any atom is 0.131 e. The monoisotopic (exact) mass is 120 g/mol. The highest BCUT2D eigenvalue weighted by Crippen LogP contribution is 2.20. The molecule has 1 aliphatic rings. The zero-order valence-electron chi connectivity index (χ0n) is 4.36. The summed E-state index contributed by atoms with van der Waals surface area (Å²) in [6.07, 6.45) is 2.53. The summed E-state index contributed by atoms with van der Waals surface area (Å²) < 4.78 is 5.13. The fraction of sp³-hybridized carbons (Fsp3) is 1.00. The van der Waals surface area contributed by atoms with Crippen LogP contribution in [0.2, 0.25) is 0 Å². The summed E-state index contributed by atoms with van der Waals surface area (Å²) in [7, 11) is 0. The molecule has 0 N–H and O–H groups in total. The van der Waals surface area contributed by atoms with Gasteiger partial charge in [-0.1, -0.05) is 11.6 Å².